The fourth-order valence-electron chi connectivity index (χ4n) is 0.888. The average molecular weight is 190 g/mol. The van der Waals surface area contributed by atoms with Crippen LogP contribution in [0.1, 0.15) is 26.7 Å². The summed E-state index contributed by atoms with van der Waals surface area (Å²) in [6.45, 7) is 3.21. The van der Waals surface area contributed by atoms with Crippen molar-refractivity contribution in [3.05, 3.63) is 0 Å². The van der Waals surface area contributed by atoms with Gasteiger partial charge in [0.05, 0.1) is 5.25 Å². The molecule has 0 bridgehead atoms. The molecule has 0 spiro atoms. The van der Waals surface area contributed by atoms with Crippen molar-refractivity contribution in [3.63, 3.8) is 0 Å². The largest absolute Gasteiger partial charge is 0.298 e. The first-order chi connectivity index (χ1) is 5.43. The third-order valence-corrected chi connectivity index (χ3v) is 4.22. The van der Waals surface area contributed by atoms with Crippen LogP contribution in [0, 0.1) is 5.92 Å². The van der Waals surface area contributed by atoms with Gasteiger partial charge in [-0.2, -0.15) is 0 Å². The Morgan fingerprint density at radius 2 is 1.92 bits per heavy atom. The zero-order valence-corrected chi connectivity index (χ0v) is 8.23. The molecule has 1 aliphatic rings. The highest BCUT2D eigenvalue weighted by Crippen LogP contribution is 2.30. The van der Waals surface area contributed by atoms with E-state index < -0.39 is 15.1 Å². The molecule has 0 heterocycles. The number of Topliss-reactive ketones (excluding diaryl/α,β-unsaturated/α-hetero) is 1. The first kappa shape index (κ1) is 9.71. The number of hydrogen-bond donors (Lipinski definition) is 0. The number of sulfone groups is 1. The zero-order chi connectivity index (χ0) is 9.35. The topological polar surface area (TPSA) is 51.2 Å². The lowest BCUT2D eigenvalue weighted by atomic mass is 10.3. The second-order valence-corrected chi connectivity index (χ2v) is 6.15. The molecule has 1 aliphatic carbocycles. The van der Waals surface area contributed by atoms with Crippen LogP contribution in [0.5, 0.6) is 0 Å². The summed E-state index contributed by atoms with van der Waals surface area (Å²) in [5, 5.41) is -0.430. The maximum atomic E-state index is 11.3. The summed E-state index contributed by atoms with van der Waals surface area (Å²) >= 11 is 0. The number of carbonyl (C=O) groups is 1. The Kier molecular flexibility index (Phi) is 2.56. The maximum absolute atomic E-state index is 11.3. The molecule has 1 fully saturated rings. The minimum Gasteiger partial charge on any atom is -0.298 e. The standard InChI is InChI=1S/C8H14O3S/c1-6(2)12(10,11)5-8(9)7-3-4-7/h6-7H,3-5H2,1-2H3. The van der Waals surface area contributed by atoms with Gasteiger partial charge in [-0.05, 0) is 26.7 Å². The molecule has 1 saturated carbocycles. The minimum absolute atomic E-state index is 0.0542. The van der Waals surface area contributed by atoms with Crippen LogP contribution in [-0.2, 0) is 14.6 Å². The highest BCUT2D eigenvalue weighted by molar-refractivity contribution is 7.92. The molecule has 0 N–H and O–H groups in total. The van der Waals surface area contributed by atoms with E-state index in [2.05, 4.69) is 0 Å². The van der Waals surface area contributed by atoms with E-state index in [9.17, 15) is 13.2 Å². The Morgan fingerprint density at radius 3 is 2.25 bits per heavy atom. The van der Waals surface area contributed by atoms with Crippen LogP contribution in [0.2, 0.25) is 0 Å². The summed E-state index contributed by atoms with van der Waals surface area (Å²) in [6.07, 6.45) is 1.76. The van der Waals surface area contributed by atoms with Crippen molar-refractivity contribution in [1.82, 2.24) is 0 Å². The van der Waals surface area contributed by atoms with Gasteiger partial charge in [0.15, 0.2) is 15.6 Å². The smallest absolute Gasteiger partial charge is 0.159 e. The van der Waals surface area contributed by atoms with Crippen molar-refractivity contribution in [2.75, 3.05) is 5.75 Å². The molecule has 0 aromatic rings. The zero-order valence-electron chi connectivity index (χ0n) is 7.41. The molecular formula is C8H14O3S. The molecule has 0 radical (unpaired) electrons. The summed E-state index contributed by atoms with van der Waals surface area (Å²) in [5.41, 5.74) is 0. The van der Waals surface area contributed by atoms with Crippen molar-refractivity contribution in [2.45, 2.75) is 31.9 Å². The lowest BCUT2D eigenvalue weighted by molar-refractivity contribution is -0.117. The molecule has 0 atom stereocenters. The molecule has 0 aliphatic heterocycles. The Hall–Kier alpha value is -0.380. The van der Waals surface area contributed by atoms with Crippen molar-refractivity contribution < 1.29 is 13.2 Å². The van der Waals surface area contributed by atoms with E-state index >= 15 is 0 Å². The van der Waals surface area contributed by atoms with Gasteiger partial charge in [0, 0.05) is 5.92 Å². The summed E-state index contributed by atoms with van der Waals surface area (Å²) in [6, 6.07) is 0. The van der Waals surface area contributed by atoms with Gasteiger partial charge < -0.3 is 0 Å². The van der Waals surface area contributed by atoms with Gasteiger partial charge in [-0.1, -0.05) is 0 Å². The molecule has 0 unspecified atom stereocenters. The Labute approximate surface area is 73.1 Å². The monoisotopic (exact) mass is 190 g/mol. The predicted molar refractivity (Wildman–Crippen MR) is 46.7 cm³/mol. The summed E-state index contributed by atoms with van der Waals surface area (Å²) in [7, 11) is -3.15. The fraction of sp³-hybridized carbons (Fsp3) is 0.875. The average Bonchev–Trinajstić information content (AvgIpc) is 2.65. The predicted octanol–water partition coefficient (Wildman–Crippen LogP) is 0.789. The van der Waals surface area contributed by atoms with Crippen LogP contribution < -0.4 is 0 Å². The number of hydrogen-bond acceptors (Lipinski definition) is 3. The summed E-state index contributed by atoms with van der Waals surface area (Å²) < 4.78 is 22.5. The lowest BCUT2D eigenvalue weighted by Crippen LogP contribution is -2.24. The highest BCUT2D eigenvalue weighted by atomic mass is 32.2. The summed E-state index contributed by atoms with van der Waals surface area (Å²) in [5.74, 6) is -0.294. The molecule has 0 aromatic carbocycles. The van der Waals surface area contributed by atoms with E-state index in [1.807, 2.05) is 0 Å². The first-order valence-electron chi connectivity index (χ1n) is 4.18. The van der Waals surface area contributed by atoms with Crippen LogP contribution in [0.3, 0.4) is 0 Å². The van der Waals surface area contributed by atoms with Gasteiger partial charge in [0.25, 0.3) is 0 Å². The van der Waals surface area contributed by atoms with Crippen LogP contribution in [0.4, 0.5) is 0 Å². The molecular weight excluding hydrogens is 176 g/mol. The van der Waals surface area contributed by atoms with E-state index in [4.69, 9.17) is 0 Å². The van der Waals surface area contributed by atoms with Crippen LogP contribution >= 0.6 is 0 Å². The SMILES string of the molecule is CC(C)S(=O)(=O)CC(=O)C1CC1. The lowest BCUT2D eigenvalue weighted by Gasteiger charge is -2.05. The second kappa shape index (κ2) is 3.17. The highest BCUT2D eigenvalue weighted by Gasteiger charge is 2.33. The molecule has 1 rings (SSSR count). The van der Waals surface area contributed by atoms with Crippen molar-refractivity contribution in [1.29, 1.82) is 0 Å². The fourth-order valence-corrected chi connectivity index (χ4v) is 1.85. The quantitative estimate of drug-likeness (QED) is 0.658. The van der Waals surface area contributed by atoms with Gasteiger partial charge in [-0.15, -0.1) is 0 Å². The van der Waals surface area contributed by atoms with E-state index in [1.165, 1.54) is 0 Å². The van der Waals surface area contributed by atoms with Gasteiger partial charge in [-0.3, -0.25) is 4.79 Å². The van der Waals surface area contributed by atoms with Crippen molar-refractivity contribution in [3.8, 4) is 0 Å². The van der Waals surface area contributed by atoms with Gasteiger partial charge in [-0.25, -0.2) is 8.42 Å². The van der Waals surface area contributed by atoms with E-state index in [0.717, 1.165) is 12.8 Å². The third kappa shape index (κ3) is 2.30. The number of carbonyl (C=O) groups excluding carboxylic acids is 1. The second-order valence-electron chi connectivity index (χ2n) is 3.60. The summed E-state index contributed by atoms with van der Waals surface area (Å²) in [4.78, 5) is 11.1. The van der Waals surface area contributed by atoms with Crippen molar-refractivity contribution >= 4 is 15.6 Å². The van der Waals surface area contributed by atoms with Gasteiger partial charge in [0.2, 0.25) is 0 Å². The number of ketones is 1. The van der Waals surface area contributed by atoms with E-state index in [0.29, 0.717) is 0 Å². The minimum atomic E-state index is -3.15. The van der Waals surface area contributed by atoms with Crippen LogP contribution in [0.15, 0.2) is 0 Å². The molecule has 0 aromatic heterocycles. The van der Waals surface area contributed by atoms with E-state index in [-0.39, 0.29) is 17.5 Å². The Balaban J connectivity index is 2.54. The van der Waals surface area contributed by atoms with Crippen molar-refractivity contribution in [2.24, 2.45) is 5.92 Å². The Morgan fingerprint density at radius 1 is 1.42 bits per heavy atom. The number of rotatable bonds is 4. The van der Waals surface area contributed by atoms with Crippen LogP contribution in [-0.4, -0.2) is 25.2 Å². The first-order valence-corrected chi connectivity index (χ1v) is 5.89. The van der Waals surface area contributed by atoms with E-state index in [1.54, 1.807) is 13.8 Å². The maximum Gasteiger partial charge on any atom is 0.159 e. The Bertz CT molecular complexity index is 273. The molecule has 12 heavy (non-hydrogen) atoms. The molecule has 0 saturated heterocycles. The molecule has 0 amide bonds. The molecule has 4 heteroatoms. The normalized spacial score (nSPS) is 18.2. The third-order valence-electron chi connectivity index (χ3n) is 2.09. The van der Waals surface area contributed by atoms with Gasteiger partial charge >= 0.3 is 0 Å². The molecule has 3 nitrogen and oxygen atoms in total. The van der Waals surface area contributed by atoms with Crippen LogP contribution in [0.25, 0.3) is 0 Å². The molecule has 70 valence electrons. The van der Waals surface area contributed by atoms with Gasteiger partial charge in [0.1, 0.15) is 5.75 Å².